The van der Waals surface area contributed by atoms with Gasteiger partial charge in [-0.25, -0.2) is 9.67 Å². The Bertz CT molecular complexity index is 507. The van der Waals surface area contributed by atoms with Crippen molar-refractivity contribution in [3.8, 4) is 5.82 Å². The zero-order chi connectivity index (χ0) is 11.0. The molecule has 0 saturated heterocycles. The minimum atomic E-state index is 0.330. The lowest BCUT2D eigenvalue weighted by Gasteiger charge is -2.02. The molecule has 0 aromatic carbocycles. The van der Waals surface area contributed by atoms with E-state index in [1.807, 2.05) is 13.8 Å². The molecule has 0 saturated carbocycles. The van der Waals surface area contributed by atoms with Crippen molar-refractivity contribution >= 4 is 23.2 Å². The summed E-state index contributed by atoms with van der Waals surface area (Å²) in [5, 5.41) is 5.21. The van der Waals surface area contributed by atoms with E-state index < -0.39 is 0 Å². The predicted molar refractivity (Wildman–Crippen MR) is 58.6 cm³/mol. The first kappa shape index (κ1) is 10.4. The van der Waals surface area contributed by atoms with Gasteiger partial charge in [-0.2, -0.15) is 5.10 Å². The summed E-state index contributed by atoms with van der Waals surface area (Å²) in [5.74, 6) is 0.565. The highest BCUT2D eigenvalue weighted by Crippen LogP contribution is 2.21. The summed E-state index contributed by atoms with van der Waals surface area (Å²) in [7, 11) is 0. The number of halogens is 2. The van der Waals surface area contributed by atoms with Gasteiger partial charge in [-0.15, -0.1) is 0 Å². The van der Waals surface area contributed by atoms with E-state index >= 15 is 0 Å². The summed E-state index contributed by atoms with van der Waals surface area (Å²) in [5.41, 5.74) is 1.58. The summed E-state index contributed by atoms with van der Waals surface area (Å²) in [6, 6.07) is 0. The number of aromatic nitrogens is 4. The Kier molecular flexibility index (Phi) is 2.63. The average molecular weight is 243 g/mol. The second-order valence-corrected chi connectivity index (χ2v) is 3.86. The molecule has 0 bridgehead atoms. The van der Waals surface area contributed by atoms with E-state index in [9.17, 15) is 0 Å². The fourth-order valence-corrected chi connectivity index (χ4v) is 1.54. The first-order valence-corrected chi connectivity index (χ1v) is 5.05. The van der Waals surface area contributed by atoms with E-state index in [0.29, 0.717) is 16.0 Å². The third-order valence-electron chi connectivity index (χ3n) is 2.01. The Balaban J connectivity index is 2.59. The standard InChI is InChI=1S/C9H8Cl2N4/c1-5-9(11)6(2)15(14-5)8-4-12-3-7(10)13-8/h3-4H,1-2H3. The molecule has 0 aliphatic carbocycles. The largest absolute Gasteiger partial charge is 0.258 e. The first-order valence-electron chi connectivity index (χ1n) is 4.29. The van der Waals surface area contributed by atoms with Crippen LogP contribution in [0.1, 0.15) is 11.4 Å². The molecule has 4 nitrogen and oxygen atoms in total. The molecule has 78 valence electrons. The Morgan fingerprint density at radius 1 is 1.20 bits per heavy atom. The van der Waals surface area contributed by atoms with E-state index in [4.69, 9.17) is 23.2 Å². The summed E-state index contributed by atoms with van der Waals surface area (Å²) >= 11 is 11.8. The van der Waals surface area contributed by atoms with Crippen molar-refractivity contribution in [2.24, 2.45) is 0 Å². The van der Waals surface area contributed by atoms with Gasteiger partial charge in [0.25, 0.3) is 0 Å². The lowest BCUT2D eigenvalue weighted by atomic mass is 10.4. The summed E-state index contributed by atoms with van der Waals surface area (Å²) in [6.45, 7) is 3.70. The number of hydrogen-bond donors (Lipinski definition) is 0. The number of hydrogen-bond acceptors (Lipinski definition) is 3. The van der Waals surface area contributed by atoms with Gasteiger partial charge in [0.15, 0.2) is 5.82 Å². The molecule has 2 heterocycles. The summed E-state index contributed by atoms with van der Waals surface area (Å²) < 4.78 is 1.62. The third-order valence-corrected chi connectivity index (χ3v) is 2.74. The van der Waals surface area contributed by atoms with Crippen LogP contribution in [-0.2, 0) is 0 Å². The number of aryl methyl sites for hydroxylation is 1. The second-order valence-electron chi connectivity index (χ2n) is 3.10. The van der Waals surface area contributed by atoms with Gasteiger partial charge in [-0.05, 0) is 13.8 Å². The topological polar surface area (TPSA) is 43.6 Å². The minimum Gasteiger partial charge on any atom is -0.258 e. The molecule has 0 atom stereocenters. The molecule has 2 rings (SSSR count). The molecule has 2 aromatic rings. The van der Waals surface area contributed by atoms with E-state index in [2.05, 4.69) is 15.1 Å². The second kappa shape index (κ2) is 3.79. The molecule has 0 aliphatic rings. The van der Waals surface area contributed by atoms with Crippen LogP contribution < -0.4 is 0 Å². The average Bonchev–Trinajstić information content (AvgIpc) is 2.46. The molecular formula is C9H8Cl2N4. The molecule has 0 N–H and O–H groups in total. The van der Waals surface area contributed by atoms with Crippen molar-refractivity contribution < 1.29 is 0 Å². The fourth-order valence-electron chi connectivity index (χ4n) is 1.28. The third kappa shape index (κ3) is 1.82. The SMILES string of the molecule is Cc1nn(-c2cncc(Cl)n2)c(C)c1Cl. The zero-order valence-electron chi connectivity index (χ0n) is 8.20. The van der Waals surface area contributed by atoms with Gasteiger partial charge < -0.3 is 0 Å². The maximum atomic E-state index is 6.02. The van der Waals surface area contributed by atoms with Crippen molar-refractivity contribution in [1.82, 2.24) is 19.7 Å². The van der Waals surface area contributed by atoms with E-state index in [1.165, 1.54) is 6.20 Å². The quantitative estimate of drug-likeness (QED) is 0.773. The van der Waals surface area contributed by atoms with Crippen LogP contribution in [0.25, 0.3) is 5.82 Å². The molecule has 6 heteroatoms. The van der Waals surface area contributed by atoms with Crippen LogP contribution in [0.15, 0.2) is 12.4 Å². The normalized spacial score (nSPS) is 10.7. The van der Waals surface area contributed by atoms with Gasteiger partial charge in [-0.1, -0.05) is 23.2 Å². The minimum absolute atomic E-state index is 0.330. The van der Waals surface area contributed by atoms with Crippen molar-refractivity contribution in [3.63, 3.8) is 0 Å². The van der Waals surface area contributed by atoms with Crippen molar-refractivity contribution in [1.29, 1.82) is 0 Å². The van der Waals surface area contributed by atoms with Crippen LogP contribution in [0.3, 0.4) is 0 Å². The number of nitrogens with zero attached hydrogens (tertiary/aromatic N) is 4. The van der Waals surface area contributed by atoms with Gasteiger partial charge in [-0.3, -0.25) is 4.98 Å². The number of rotatable bonds is 1. The highest BCUT2D eigenvalue weighted by atomic mass is 35.5. The highest BCUT2D eigenvalue weighted by Gasteiger charge is 2.11. The Morgan fingerprint density at radius 3 is 2.47 bits per heavy atom. The van der Waals surface area contributed by atoms with Gasteiger partial charge in [0.05, 0.1) is 28.8 Å². The molecule has 0 spiro atoms. The molecule has 0 fully saturated rings. The van der Waals surface area contributed by atoms with Gasteiger partial charge in [0, 0.05) is 0 Å². The molecule has 0 radical (unpaired) electrons. The lowest BCUT2D eigenvalue weighted by molar-refractivity contribution is 0.799. The molecule has 0 unspecified atom stereocenters. The molecule has 0 amide bonds. The summed E-state index contributed by atoms with van der Waals surface area (Å²) in [6.07, 6.45) is 3.06. The van der Waals surface area contributed by atoms with Crippen LogP contribution in [0.2, 0.25) is 10.2 Å². The van der Waals surface area contributed by atoms with Gasteiger partial charge in [0.2, 0.25) is 0 Å². The van der Waals surface area contributed by atoms with E-state index in [-0.39, 0.29) is 0 Å². The van der Waals surface area contributed by atoms with Gasteiger partial charge >= 0.3 is 0 Å². The maximum absolute atomic E-state index is 6.02. The van der Waals surface area contributed by atoms with Crippen molar-refractivity contribution in [3.05, 3.63) is 34.0 Å². The van der Waals surface area contributed by atoms with Crippen LogP contribution in [0.5, 0.6) is 0 Å². The van der Waals surface area contributed by atoms with E-state index in [1.54, 1.807) is 10.9 Å². The van der Waals surface area contributed by atoms with Crippen LogP contribution in [-0.4, -0.2) is 19.7 Å². The van der Waals surface area contributed by atoms with Crippen LogP contribution in [0.4, 0.5) is 0 Å². The van der Waals surface area contributed by atoms with Crippen molar-refractivity contribution in [2.75, 3.05) is 0 Å². The maximum Gasteiger partial charge on any atom is 0.173 e. The monoisotopic (exact) mass is 242 g/mol. The fraction of sp³-hybridized carbons (Fsp3) is 0.222. The van der Waals surface area contributed by atoms with Gasteiger partial charge in [0.1, 0.15) is 5.15 Å². The Morgan fingerprint density at radius 2 is 1.93 bits per heavy atom. The lowest BCUT2D eigenvalue weighted by Crippen LogP contribution is -2.02. The highest BCUT2D eigenvalue weighted by molar-refractivity contribution is 6.31. The molecule has 0 aliphatic heterocycles. The van der Waals surface area contributed by atoms with E-state index in [0.717, 1.165) is 11.4 Å². The Hall–Kier alpha value is -1.13. The first-order chi connectivity index (χ1) is 7.09. The zero-order valence-corrected chi connectivity index (χ0v) is 9.71. The van der Waals surface area contributed by atoms with Crippen LogP contribution in [0, 0.1) is 13.8 Å². The molecular weight excluding hydrogens is 235 g/mol. The van der Waals surface area contributed by atoms with Crippen molar-refractivity contribution in [2.45, 2.75) is 13.8 Å². The predicted octanol–water partition coefficient (Wildman–Crippen LogP) is 2.59. The Labute approximate surface area is 96.9 Å². The molecule has 15 heavy (non-hydrogen) atoms. The molecule has 2 aromatic heterocycles. The smallest absolute Gasteiger partial charge is 0.173 e. The van der Waals surface area contributed by atoms with Crippen LogP contribution >= 0.6 is 23.2 Å². The summed E-state index contributed by atoms with van der Waals surface area (Å²) in [4.78, 5) is 8.05.